The number of nitrogens with one attached hydrogen (secondary N) is 1. The Kier molecular flexibility index (Phi) is 5.85. The standard InChI is InChI=1S/C41H27N3O/c1-3-10-30-24-32(22-18-26(30)8-1)28-16-20-29(21-17-28)39-42-40(33-23-19-27-9-2-4-11-31(27)25-33)44-41(43-39)35-13-7-15-37-38(35)34-12-5-6-14-36(34)45-37/h1-25,41H,(H,42,43,44). The lowest BCUT2D eigenvalue weighted by atomic mass is 9.99. The van der Waals surface area contributed by atoms with Crippen molar-refractivity contribution in [2.45, 2.75) is 6.17 Å². The molecule has 0 amide bonds. The highest BCUT2D eigenvalue weighted by Gasteiger charge is 2.24. The minimum atomic E-state index is -0.451. The molecule has 0 bridgehead atoms. The molecule has 0 spiro atoms. The fourth-order valence-corrected chi connectivity index (χ4v) is 6.43. The number of aliphatic imine (C=N–C) groups is 2. The van der Waals surface area contributed by atoms with E-state index in [2.05, 4.69) is 127 Å². The molecule has 1 atom stereocenters. The van der Waals surface area contributed by atoms with E-state index in [1.807, 2.05) is 30.3 Å². The van der Waals surface area contributed by atoms with Gasteiger partial charge in [0.25, 0.3) is 0 Å². The summed E-state index contributed by atoms with van der Waals surface area (Å²) in [6.07, 6.45) is -0.451. The lowest BCUT2D eigenvalue weighted by Crippen LogP contribution is -2.36. The van der Waals surface area contributed by atoms with E-state index in [4.69, 9.17) is 14.4 Å². The average molecular weight is 578 g/mol. The topological polar surface area (TPSA) is 49.9 Å². The molecule has 1 aliphatic rings. The molecule has 212 valence electrons. The number of amidine groups is 2. The largest absolute Gasteiger partial charge is 0.456 e. The number of hydrogen-bond acceptors (Lipinski definition) is 4. The lowest BCUT2D eigenvalue weighted by molar-refractivity contribution is 0.667. The van der Waals surface area contributed by atoms with Crippen molar-refractivity contribution in [3.63, 3.8) is 0 Å². The maximum atomic E-state index is 6.22. The molecule has 1 aromatic heterocycles. The molecular weight excluding hydrogens is 550 g/mol. The number of para-hydroxylation sites is 1. The van der Waals surface area contributed by atoms with Crippen LogP contribution in [0.1, 0.15) is 22.9 Å². The van der Waals surface area contributed by atoms with Crippen molar-refractivity contribution in [1.29, 1.82) is 0 Å². The summed E-state index contributed by atoms with van der Waals surface area (Å²) in [4.78, 5) is 10.4. The Bertz CT molecular complexity index is 2470. The van der Waals surface area contributed by atoms with Gasteiger partial charge in [0, 0.05) is 27.5 Å². The second-order valence-corrected chi connectivity index (χ2v) is 11.5. The Morgan fingerprint density at radius 3 is 1.76 bits per heavy atom. The zero-order chi connectivity index (χ0) is 29.7. The average Bonchev–Trinajstić information content (AvgIpc) is 3.50. The predicted octanol–water partition coefficient (Wildman–Crippen LogP) is 10.1. The van der Waals surface area contributed by atoms with Crippen LogP contribution >= 0.6 is 0 Å². The van der Waals surface area contributed by atoms with Crippen LogP contribution in [0.15, 0.2) is 166 Å². The zero-order valence-electron chi connectivity index (χ0n) is 24.3. The van der Waals surface area contributed by atoms with Crippen LogP contribution < -0.4 is 5.32 Å². The molecule has 1 aliphatic heterocycles. The predicted molar refractivity (Wildman–Crippen MR) is 186 cm³/mol. The molecule has 0 saturated heterocycles. The Morgan fingerprint density at radius 2 is 1.00 bits per heavy atom. The van der Waals surface area contributed by atoms with Gasteiger partial charge in [-0.15, -0.1) is 0 Å². The Labute approximate surface area is 260 Å². The van der Waals surface area contributed by atoms with E-state index in [9.17, 15) is 0 Å². The van der Waals surface area contributed by atoms with Gasteiger partial charge in [-0.05, 0) is 56.9 Å². The van der Waals surface area contributed by atoms with Crippen molar-refractivity contribution >= 4 is 55.2 Å². The number of furan rings is 1. The van der Waals surface area contributed by atoms with Crippen LogP contribution in [0.3, 0.4) is 0 Å². The molecule has 0 saturated carbocycles. The van der Waals surface area contributed by atoms with E-state index in [0.717, 1.165) is 55.9 Å². The van der Waals surface area contributed by atoms with Crippen LogP contribution in [0.4, 0.5) is 0 Å². The summed E-state index contributed by atoms with van der Waals surface area (Å²) in [6.45, 7) is 0. The van der Waals surface area contributed by atoms with E-state index in [-0.39, 0.29) is 0 Å². The Balaban J connectivity index is 1.16. The maximum Gasteiger partial charge on any atom is 0.170 e. The molecule has 1 N–H and O–H groups in total. The van der Waals surface area contributed by atoms with Gasteiger partial charge in [0.05, 0.1) is 0 Å². The third-order valence-corrected chi connectivity index (χ3v) is 8.72. The summed E-state index contributed by atoms with van der Waals surface area (Å²) in [5.41, 5.74) is 7.09. The molecular formula is C41H27N3O. The van der Waals surface area contributed by atoms with E-state index in [1.54, 1.807) is 0 Å². The van der Waals surface area contributed by atoms with Gasteiger partial charge in [0.1, 0.15) is 22.8 Å². The van der Waals surface area contributed by atoms with Gasteiger partial charge < -0.3 is 9.73 Å². The highest BCUT2D eigenvalue weighted by Crippen LogP contribution is 2.37. The normalized spacial score (nSPS) is 14.9. The van der Waals surface area contributed by atoms with Gasteiger partial charge in [0.2, 0.25) is 0 Å². The third kappa shape index (κ3) is 4.47. The molecule has 0 radical (unpaired) electrons. The van der Waals surface area contributed by atoms with Gasteiger partial charge in [-0.25, -0.2) is 9.98 Å². The first-order chi connectivity index (χ1) is 22.3. The van der Waals surface area contributed by atoms with E-state index < -0.39 is 6.17 Å². The summed E-state index contributed by atoms with van der Waals surface area (Å²) in [5.74, 6) is 1.58. The zero-order valence-corrected chi connectivity index (χ0v) is 24.3. The van der Waals surface area contributed by atoms with Crippen LogP contribution in [-0.2, 0) is 0 Å². The molecule has 4 nitrogen and oxygen atoms in total. The van der Waals surface area contributed by atoms with Gasteiger partial charge in [-0.3, -0.25) is 0 Å². The summed E-state index contributed by atoms with van der Waals surface area (Å²) < 4.78 is 6.22. The molecule has 0 aliphatic carbocycles. The Morgan fingerprint density at radius 1 is 0.444 bits per heavy atom. The quantitative estimate of drug-likeness (QED) is 0.226. The second kappa shape index (κ2) is 10.3. The molecule has 2 heterocycles. The number of benzene rings is 7. The van der Waals surface area contributed by atoms with Gasteiger partial charge in [-0.1, -0.05) is 127 Å². The first-order valence-electron chi connectivity index (χ1n) is 15.2. The maximum absolute atomic E-state index is 6.22. The van der Waals surface area contributed by atoms with Crippen LogP contribution in [-0.4, -0.2) is 11.7 Å². The van der Waals surface area contributed by atoms with Gasteiger partial charge in [0.15, 0.2) is 6.17 Å². The first kappa shape index (κ1) is 25.5. The van der Waals surface area contributed by atoms with Crippen LogP contribution in [0.5, 0.6) is 0 Å². The molecule has 8 aromatic rings. The molecule has 45 heavy (non-hydrogen) atoms. The summed E-state index contributed by atoms with van der Waals surface area (Å²) >= 11 is 0. The van der Waals surface area contributed by atoms with Crippen LogP contribution in [0.25, 0.3) is 54.6 Å². The summed E-state index contributed by atoms with van der Waals surface area (Å²) in [6, 6.07) is 52.9. The van der Waals surface area contributed by atoms with Crippen LogP contribution in [0.2, 0.25) is 0 Å². The number of nitrogens with zero attached hydrogens (tertiary/aromatic N) is 2. The van der Waals surface area contributed by atoms with Crippen molar-refractivity contribution in [3.8, 4) is 11.1 Å². The van der Waals surface area contributed by atoms with E-state index >= 15 is 0 Å². The van der Waals surface area contributed by atoms with Crippen LogP contribution in [0, 0.1) is 0 Å². The lowest BCUT2D eigenvalue weighted by Gasteiger charge is -2.23. The molecule has 4 heteroatoms. The first-order valence-corrected chi connectivity index (χ1v) is 15.2. The Hall–Kier alpha value is -6.00. The number of fused-ring (bicyclic) bond motifs is 5. The van der Waals surface area contributed by atoms with Gasteiger partial charge >= 0.3 is 0 Å². The minimum absolute atomic E-state index is 0.451. The summed E-state index contributed by atoms with van der Waals surface area (Å²) in [5, 5.41) is 10.6. The fourth-order valence-electron chi connectivity index (χ4n) is 6.43. The van der Waals surface area contributed by atoms with Crippen molar-refractivity contribution in [2.75, 3.05) is 0 Å². The molecule has 1 unspecified atom stereocenters. The number of rotatable bonds is 4. The van der Waals surface area contributed by atoms with E-state index in [0.29, 0.717) is 0 Å². The minimum Gasteiger partial charge on any atom is -0.456 e. The van der Waals surface area contributed by atoms with E-state index in [1.165, 1.54) is 27.1 Å². The molecule has 9 rings (SSSR count). The highest BCUT2D eigenvalue weighted by molar-refractivity contribution is 6.17. The van der Waals surface area contributed by atoms with Crippen molar-refractivity contribution < 1.29 is 4.42 Å². The number of hydrogen-bond donors (Lipinski definition) is 1. The highest BCUT2D eigenvalue weighted by atomic mass is 16.3. The van der Waals surface area contributed by atoms with Crippen molar-refractivity contribution in [2.24, 2.45) is 9.98 Å². The SMILES string of the molecule is c1ccc2cc(C3=NC(c4cccc5oc6ccccc6c45)N=C(c4ccc(-c5ccc6ccccc6c5)cc4)N3)ccc2c1. The second-order valence-electron chi connectivity index (χ2n) is 11.5. The fraction of sp³-hybridized carbons (Fsp3) is 0.0244. The summed E-state index contributed by atoms with van der Waals surface area (Å²) in [7, 11) is 0. The van der Waals surface area contributed by atoms with Crippen molar-refractivity contribution in [3.05, 3.63) is 168 Å². The molecule has 0 fully saturated rings. The monoisotopic (exact) mass is 577 g/mol. The smallest absolute Gasteiger partial charge is 0.170 e. The van der Waals surface area contributed by atoms with Gasteiger partial charge in [-0.2, -0.15) is 0 Å². The third-order valence-electron chi connectivity index (χ3n) is 8.72. The molecule has 7 aromatic carbocycles. The van der Waals surface area contributed by atoms with Crippen molar-refractivity contribution in [1.82, 2.24) is 5.32 Å².